The molecule has 2 rings (SSSR count). The highest BCUT2D eigenvalue weighted by Crippen LogP contribution is 2.16. The van der Waals surface area contributed by atoms with Crippen LogP contribution in [0.1, 0.15) is 25.3 Å². The summed E-state index contributed by atoms with van der Waals surface area (Å²) in [4.78, 5) is 0. The van der Waals surface area contributed by atoms with E-state index < -0.39 is 0 Å². The number of nitrogens with zero attached hydrogens (tertiary/aromatic N) is 1. The lowest BCUT2D eigenvalue weighted by Crippen LogP contribution is -2.36. The number of hydrogen-bond acceptors (Lipinski definition) is 4. The van der Waals surface area contributed by atoms with Crippen LogP contribution in [-0.2, 0) is 11.3 Å². The maximum absolute atomic E-state index is 8.43. The Morgan fingerprint density at radius 3 is 2.89 bits per heavy atom. The second kappa shape index (κ2) is 7.13. The number of nitriles is 1. The predicted molar refractivity (Wildman–Crippen MR) is 72.8 cm³/mol. The van der Waals surface area contributed by atoms with E-state index in [4.69, 9.17) is 14.7 Å². The number of hydrogen-bond donors (Lipinski definition) is 1. The fraction of sp³-hybridized carbons (Fsp3) is 0.533. The van der Waals surface area contributed by atoms with Gasteiger partial charge in [0.1, 0.15) is 11.8 Å². The summed E-state index contributed by atoms with van der Waals surface area (Å²) >= 11 is 0. The zero-order chi connectivity index (χ0) is 13.5. The third-order valence-corrected chi connectivity index (χ3v) is 3.38. The minimum atomic E-state index is 0.0909. The summed E-state index contributed by atoms with van der Waals surface area (Å²) < 4.78 is 10.9. The topological polar surface area (TPSA) is 54.3 Å². The van der Waals surface area contributed by atoms with Gasteiger partial charge in [-0.15, -0.1) is 0 Å². The molecule has 19 heavy (non-hydrogen) atoms. The Morgan fingerprint density at radius 1 is 1.47 bits per heavy atom. The molecule has 1 aliphatic heterocycles. The molecule has 1 aliphatic rings. The van der Waals surface area contributed by atoms with Crippen molar-refractivity contribution in [3.8, 4) is 11.8 Å². The first-order chi connectivity index (χ1) is 9.29. The van der Waals surface area contributed by atoms with E-state index >= 15 is 0 Å². The molecule has 1 saturated heterocycles. The SMILES string of the molecule is CC(NCc1ccc(OCC#N)cc1)C1CCCO1. The molecule has 1 N–H and O–H groups in total. The van der Waals surface area contributed by atoms with Crippen LogP contribution in [0.3, 0.4) is 0 Å². The molecule has 0 radical (unpaired) electrons. The fourth-order valence-corrected chi connectivity index (χ4v) is 2.23. The molecule has 0 saturated carbocycles. The number of nitrogens with one attached hydrogen (secondary N) is 1. The van der Waals surface area contributed by atoms with Crippen molar-refractivity contribution in [2.24, 2.45) is 0 Å². The van der Waals surface area contributed by atoms with E-state index in [1.54, 1.807) is 0 Å². The molecular formula is C15H20N2O2. The summed E-state index contributed by atoms with van der Waals surface area (Å²) in [6, 6.07) is 10.1. The van der Waals surface area contributed by atoms with Gasteiger partial charge in [0.25, 0.3) is 0 Å². The van der Waals surface area contributed by atoms with Crippen LogP contribution in [0.25, 0.3) is 0 Å². The third kappa shape index (κ3) is 4.23. The number of ether oxygens (including phenoxy) is 2. The highest BCUT2D eigenvalue weighted by Gasteiger charge is 2.21. The average molecular weight is 260 g/mol. The fourth-order valence-electron chi connectivity index (χ4n) is 2.23. The van der Waals surface area contributed by atoms with Crippen molar-refractivity contribution >= 4 is 0 Å². The number of rotatable bonds is 6. The van der Waals surface area contributed by atoms with Gasteiger partial charge in [-0.1, -0.05) is 12.1 Å². The number of benzene rings is 1. The van der Waals surface area contributed by atoms with Crippen molar-refractivity contribution in [2.75, 3.05) is 13.2 Å². The lowest BCUT2D eigenvalue weighted by Gasteiger charge is -2.20. The Hall–Kier alpha value is -1.57. The van der Waals surface area contributed by atoms with Crippen LogP contribution in [0.5, 0.6) is 5.75 Å². The van der Waals surface area contributed by atoms with E-state index in [9.17, 15) is 0 Å². The van der Waals surface area contributed by atoms with Gasteiger partial charge in [0.2, 0.25) is 0 Å². The second-order valence-corrected chi connectivity index (χ2v) is 4.81. The van der Waals surface area contributed by atoms with Gasteiger partial charge in [-0.2, -0.15) is 5.26 Å². The standard InChI is InChI=1S/C15H20N2O2/c1-12(15-3-2-9-19-15)17-11-13-4-6-14(7-5-13)18-10-8-16/h4-7,12,15,17H,2-3,9-11H2,1H3. The van der Waals surface area contributed by atoms with E-state index in [2.05, 4.69) is 12.2 Å². The largest absolute Gasteiger partial charge is 0.479 e. The molecule has 1 fully saturated rings. The second-order valence-electron chi connectivity index (χ2n) is 4.81. The smallest absolute Gasteiger partial charge is 0.174 e. The first kappa shape index (κ1) is 13.9. The lowest BCUT2D eigenvalue weighted by molar-refractivity contribution is 0.0832. The first-order valence-corrected chi connectivity index (χ1v) is 6.73. The Morgan fingerprint density at radius 2 is 2.26 bits per heavy atom. The van der Waals surface area contributed by atoms with Gasteiger partial charge >= 0.3 is 0 Å². The van der Waals surface area contributed by atoms with Crippen molar-refractivity contribution in [1.82, 2.24) is 5.32 Å². The van der Waals surface area contributed by atoms with E-state index in [1.165, 1.54) is 12.0 Å². The van der Waals surface area contributed by atoms with Crippen molar-refractivity contribution in [2.45, 2.75) is 38.5 Å². The van der Waals surface area contributed by atoms with Gasteiger partial charge in [0.05, 0.1) is 6.10 Å². The molecular weight excluding hydrogens is 240 g/mol. The molecule has 4 heteroatoms. The molecule has 2 unspecified atom stereocenters. The molecule has 102 valence electrons. The van der Waals surface area contributed by atoms with E-state index in [0.717, 1.165) is 25.3 Å². The minimum absolute atomic E-state index is 0.0909. The van der Waals surface area contributed by atoms with Gasteiger partial charge in [0, 0.05) is 19.2 Å². The van der Waals surface area contributed by atoms with Gasteiger partial charge in [-0.25, -0.2) is 0 Å². The summed E-state index contributed by atoms with van der Waals surface area (Å²) in [7, 11) is 0. The van der Waals surface area contributed by atoms with Gasteiger partial charge in [-0.05, 0) is 37.5 Å². The summed E-state index contributed by atoms with van der Waals surface area (Å²) in [6.45, 7) is 3.97. The average Bonchev–Trinajstić information content (AvgIpc) is 2.98. The van der Waals surface area contributed by atoms with Crippen LogP contribution < -0.4 is 10.1 Å². The van der Waals surface area contributed by atoms with Crippen molar-refractivity contribution in [3.63, 3.8) is 0 Å². The Bertz CT molecular complexity index is 419. The maximum Gasteiger partial charge on any atom is 0.174 e. The third-order valence-electron chi connectivity index (χ3n) is 3.38. The molecule has 0 spiro atoms. The quantitative estimate of drug-likeness (QED) is 0.852. The summed E-state index contributed by atoms with van der Waals surface area (Å²) in [5.41, 5.74) is 1.20. The normalized spacial score (nSPS) is 19.9. The predicted octanol–water partition coefficient (Wildman–Crippen LogP) is 2.25. The van der Waals surface area contributed by atoms with Gasteiger partial charge in [0.15, 0.2) is 6.61 Å². The summed E-state index contributed by atoms with van der Waals surface area (Å²) in [6.07, 6.45) is 2.66. The van der Waals surface area contributed by atoms with Crippen molar-refractivity contribution in [1.29, 1.82) is 5.26 Å². The Balaban J connectivity index is 1.77. The highest BCUT2D eigenvalue weighted by atomic mass is 16.5. The van der Waals surface area contributed by atoms with Crippen molar-refractivity contribution < 1.29 is 9.47 Å². The van der Waals surface area contributed by atoms with Gasteiger partial charge < -0.3 is 14.8 Å². The molecule has 0 aromatic heterocycles. The zero-order valence-electron chi connectivity index (χ0n) is 11.3. The van der Waals surface area contributed by atoms with E-state index in [0.29, 0.717) is 12.1 Å². The lowest BCUT2D eigenvalue weighted by atomic mass is 10.1. The Kier molecular flexibility index (Phi) is 5.20. The summed E-state index contributed by atoms with van der Waals surface area (Å²) in [5.74, 6) is 0.734. The molecule has 0 amide bonds. The van der Waals surface area contributed by atoms with Crippen LogP contribution in [0.2, 0.25) is 0 Å². The first-order valence-electron chi connectivity index (χ1n) is 6.73. The van der Waals surface area contributed by atoms with Crippen LogP contribution in [0, 0.1) is 11.3 Å². The molecule has 1 aromatic carbocycles. The molecule has 0 bridgehead atoms. The maximum atomic E-state index is 8.43. The Labute approximate surface area is 114 Å². The molecule has 1 aromatic rings. The zero-order valence-corrected chi connectivity index (χ0v) is 11.3. The minimum Gasteiger partial charge on any atom is -0.479 e. The van der Waals surface area contributed by atoms with Gasteiger partial charge in [-0.3, -0.25) is 0 Å². The molecule has 4 nitrogen and oxygen atoms in total. The monoisotopic (exact) mass is 260 g/mol. The van der Waals surface area contributed by atoms with Crippen LogP contribution in [0.4, 0.5) is 0 Å². The van der Waals surface area contributed by atoms with Crippen LogP contribution in [0.15, 0.2) is 24.3 Å². The van der Waals surface area contributed by atoms with E-state index in [-0.39, 0.29) is 6.61 Å². The van der Waals surface area contributed by atoms with E-state index in [1.807, 2.05) is 30.3 Å². The molecule has 2 atom stereocenters. The summed E-state index contributed by atoms with van der Waals surface area (Å²) in [5, 5.41) is 11.9. The molecule has 0 aliphatic carbocycles. The molecule has 1 heterocycles. The van der Waals surface area contributed by atoms with Crippen LogP contribution in [-0.4, -0.2) is 25.4 Å². The van der Waals surface area contributed by atoms with Crippen molar-refractivity contribution in [3.05, 3.63) is 29.8 Å². The van der Waals surface area contributed by atoms with Crippen LogP contribution >= 0.6 is 0 Å². The highest BCUT2D eigenvalue weighted by molar-refractivity contribution is 5.27.